The van der Waals surface area contributed by atoms with E-state index < -0.39 is 0 Å². The topological polar surface area (TPSA) is 42.4 Å². The van der Waals surface area contributed by atoms with Gasteiger partial charge in [0, 0.05) is 30.4 Å². The molecule has 23 heavy (non-hydrogen) atoms. The molecule has 0 atom stereocenters. The summed E-state index contributed by atoms with van der Waals surface area (Å²) in [7, 11) is 1.38. The molecule has 0 unspecified atom stereocenters. The average molecular weight is 316 g/mol. The molecule has 1 aromatic heterocycles. The smallest absolute Gasteiger partial charge is 0.338 e. The van der Waals surface area contributed by atoms with E-state index in [9.17, 15) is 9.18 Å². The Kier molecular flexibility index (Phi) is 4.20. The van der Waals surface area contributed by atoms with Crippen LogP contribution in [0, 0.1) is 5.41 Å². The molecular weight excluding hydrogens is 295 g/mol. The highest BCUT2D eigenvalue weighted by atomic mass is 19.1. The Morgan fingerprint density at radius 3 is 2.74 bits per heavy atom. The summed E-state index contributed by atoms with van der Waals surface area (Å²) in [5.41, 5.74) is 2.12. The number of halogens is 1. The first kappa shape index (κ1) is 15.7. The molecule has 0 bridgehead atoms. The third-order valence-corrected chi connectivity index (χ3v) is 4.79. The molecule has 0 radical (unpaired) electrons. The molecule has 0 saturated carbocycles. The van der Waals surface area contributed by atoms with Gasteiger partial charge in [-0.15, -0.1) is 0 Å². The second kappa shape index (κ2) is 6.14. The average Bonchev–Trinajstić information content (AvgIpc) is 2.60. The van der Waals surface area contributed by atoms with E-state index in [1.165, 1.54) is 7.11 Å². The van der Waals surface area contributed by atoms with E-state index in [0.717, 1.165) is 42.5 Å². The number of hydrogen-bond acceptors (Lipinski definition) is 4. The molecular formula is C18H21FN2O2. The highest BCUT2D eigenvalue weighted by molar-refractivity contribution is 6.04. The molecule has 2 aromatic rings. The van der Waals surface area contributed by atoms with Gasteiger partial charge in [0.25, 0.3) is 0 Å². The fraction of sp³-hybridized carbons (Fsp3) is 0.444. The van der Waals surface area contributed by atoms with Gasteiger partial charge in [0.05, 0.1) is 24.9 Å². The molecule has 1 saturated heterocycles. The van der Waals surface area contributed by atoms with Gasteiger partial charge in [-0.25, -0.2) is 4.79 Å². The van der Waals surface area contributed by atoms with Gasteiger partial charge in [-0.05, 0) is 42.5 Å². The van der Waals surface area contributed by atoms with Gasteiger partial charge in [0.1, 0.15) is 0 Å². The minimum atomic E-state index is -0.363. The van der Waals surface area contributed by atoms with Gasteiger partial charge in [-0.3, -0.25) is 9.37 Å². The van der Waals surface area contributed by atoms with E-state index in [4.69, 9.17) is 4.74 Å². The molecule has 1 aromatic carbocycles. The number of benzene rings is 1. The van der Waals surface area contributed by atoms with E-state index in [0.29, 0.717) is 5.56 Å². The predicted octanol–water partition coefficient (Wildman–Crippen LogP) is 3.60. The van der Waals surface area contributed by atoms with Crippen molar-refractivity contribution in [3.05, 3.63) is 36.0 Å². The number of ether oxygens (including phenoxy) is 1. The maximum absolute atomic E-state index is 13.1. The number of nitrogens with zero attached hydrogens (tertiary/aromatic N) is 2. The highest BCUT2D eigenvalue weighted by Crippen LogP contribution is 2.34. The van der Waals surface area contributed by atoms with E-state index in [-0.39, 0.29) is 18.1 Å². The number of aromatic nitrogens is 1. The number of rotatable bonds is 3. The Hall–Kier alpha value is -2.17. The Morgan fingerprint density at radius 1 is 1.35 bits per heavy atom. The third kappa shape index (κ3) is 3.00. The van der Waals surface area contributed by atoms with E-state index in [1.54, 1.807) is 12.3 Å². The zero-order valence-corrected chi connectivity index (χ0v) is 13.5. The molecule has 4 nitrogen and oxygen atoms in total. The number of carbonyl (C=O) groups is 1. The van der Waals surface area contributed by atoms with Gasteiger partial charge in [0.15, 0.2) is 0 Å². The predicted molar refractivity (Wildman–Crippen MR) is 88.6 cm³/mol. The number of methoxy groups -OCH3 is 1. The largest absolute Gasteiger partial charge is 0.465 e. The number of anilines is 1. The minimum Gasteiger partial charge on any atom is -0.465 e. The van der Waals surface area contributed by atoms with Gasteiger partial charge >= 0.3 is 5.97 Å². The fourth-order valence-corrected chi connectivity index (χ4v) is 3.06. The number of esters is 1. The van der Waals surface area contributed by atoms with Crippen LogP contribution in [0.4, 0.5) is 10.1 Å². The van der Waals surface area contributed by atoms with Crippen LogP contribution < -0.4 is 4.90 Å². The molecule has 0 aliphatic carbocycles. The lowest BCUT2D eigenvalue weighted by Gasteiger charge is -2.39. The van der Waals surface area contributed by atoms with Gasteiger partial charge < -0.3 is 9.64 Å². The van der Waals surface area contributed by atoms with E-state index in [1.807, 2.05) is 25.1 Å². The summed E-state index contributed by atoms with van der Waals surface area (Å²) in [6.07, 6.45) is 3.28. The molecule has 3 rings (SSSR count). The number of hydrogen-bond donors (Lipinski definition) is 0. The summed E-state index contributed by atoms with van der Waals surface area (Å²) < 4.78 is 18.0. The molecule has 5 heteroatoms. The van der Waals surface area contributed by atoms with Crippen molar-refractivity contribution in [2.75, 3.05) is 31.8 Å². The quantitative estimate of drug-likeness (QED) is 0.812. The van der Waals surface area contributed by atoms with Crippen LogP contribution in [0.5, 0.6) is 0 Å². The Morgan fingerprint density at radius 2 is 2.09 bits per heavy atom. The molecule has 1 aliphatic rings. The second-order valence-corrected chi connectivity index (χ2v) is 6.48. The SMILES string of the molecule is COC(=O)c1ccnc2ccc(N3CCC(C)(CF)CC3)cc12. The zero-order chi connectivity index (χ0) is 16.4. The third-order valence-electron chi connectivity index (χ3n) is 4.79. The maximum atomic E-state index is 13.1. The second-order valence-electron chi connectivity index (χ2n) is 6.48. The molecule has 0 N–H and O–H groups in total. The lowest BCUT2D eigenvalue weighted by Crippen LogP contribution is -2.39. The van der Waals surface area contributed by atoms with Crippen LogP contribution in [0.1, 0.15) is 30.1 Å². The van der Waals surface area contributed by atoms with Crippen LogP contribution in [0.15, 0.2) is 30.5 Å². The van der Waals surface area contributed by atoms with Crippen molar-refractivity contribution in [3.8, 4) is 0 Å². The lowest BCUT2D eigenvalue weighted by atomic mass is 9.81. The first-order chi connectivity index (χ1) is 11.1. The van der Waals surface area contributed by atoms with Crippen molar-refractivity contribution >= 4 is 22.6 Å². The number of pyridine rings is 1. The Balaban J connectivity index is 1.93. The number of carbonyl (C=O) groups excluding carboxylic acids is 1. The standard InChI is InChI=1S/C18H21FN2O2/c1-18(12-19)6-9-21(10-7-18)13-3-4-16-15(11-13)14(5-8-20-16)17(22)23-2/h3-5,8,11H,6-7,9-10,12H2,1-2H3. The molecule has 0 spiro atoms. The summed E-state index contributed by atoms with van der Waals surface area (Å²) >= 11 is 0. The zero-order valence-electron chi connectivity index (χ0n) is 13.5. The first-order valence-corrected chi connectivity index (χ1v) is 7.84. The summed E-state index contributed by atoms with van der Waals surface area (Å²) in [5.74, 6) is -0.363. The number of alkyl halides is 1. The fourth-order valence-electron chi connectivity index (χ4n) is 3.06. The van der Waals surface area contributed by atoms with Crippen molar-refractivity contribution in [2.24, 2.45) is 5.41 Å². The molecule has 1 fully saturated rings. The van der Waals surface area contributed by atoms with Crippen molar-refractivity contribution in [3.63, 3.8) is 0 Å². The maximum Gasteiger partial charge on any atom is 0.338 e. The van der Waals surface area contributed by atoms with E-state index in [2.05, 4.69) is 9.88 Å². The lowest BCUT2D eigenvalue weighted by molar-refractivity contribution is 0.0603. The molecule has 122 valence electrons. The van der Waals surface area contributed by atoms with Crippen LogP contribution in [0.3, 0.4) is 0 Å². The van der Waals surface area contributed by atoms with Crippen molar-refractivity contribution < 1.29 is 13.9 Å². The summed E-state index contributed by atoms with van der Waals surface area (Å²) in [5, 5.41) is 0.788. The van der Waals surface area contributed by atoms with E-state index >= 15 is 0 Å². The van der Waals surface area contributed by atoms with Gasteiger partial charge in [-0.2, -0.15) is 0 Å². The van der Waals surface area contributed by atoms with Crippen LogP contribution in [0.2, 0.25) is 0 Å². The highest BCUT2D eigenvalue weighted by Gasteiger charge is 2.30. The van der Waals surface area contributed by atoms with Crippen LogP contribution in [0.25, 0.3) is 10.9 Å². The molecule has 0 amide bonds. The summed E-state index contributed by atoms with van der Waals surface area (Å²) in [6.45, 7) is 3.37. The van der Waals surface area contributed by atoms with Crippen molar-refractivity contribution in [1.82, 2.24) is 4.98 Å². The molecule has 2 heterocycles. The van der Waals surface area contributed by atoms with Crippen LogP contribution in [-0.4, -0.2) is 37.8 Å². The minimum absolute atomic E-state index is 0.202. The van der Waals surface area contributed by atoms with Crippen molar-refractivity contribution in [1.29, 1.82) is 0 Å². The number of piperidine rings is 1. The monoisotopic (exact) mass is 316 g/mol. The van der Waals surface area contributed by atoms with Crippen LogP contribution >= 0.6 is 0 Å². The Labute approximate surface area is 135 Å². The van der Waals surface area contributed by atoms with Crippen LogP contribution in [-0.2, 0) is 4.74 Å². The normalized spacial score (nSPS) is 17.3. The summed E-state index contributed by atoms with van der Waals surface area (Å²) in [4.78, 5) is 18.5. The summed E-state index contributed by atoms with van der Waals surface area (Å²) in [6, 6.07) is 7.58. The van der Waals surface area contributed by atoms with Gasteiger partial charge in [-0.1, -0.05) is 6.92 Å². The number of fused-ring (bicyclic) bond motifs is 1. The molecule has 1 aliphatic heterocycles. The van der Waals surface area contributed by atoms with Gasteiger partial charge in [0.2, 0.25) is 0 Å². The first-order valence-electron chi connectivity index (χ1n) is 7.84. The van der Waals surface area contributed by atoms with Crippen molar-refractivity contribution in [2.45, 2.75) is 19.8 Å². The Bertz CT molecular complexity index is 724.